The van der Waals surface area contributed by atoms with Gasteiger partial charge in [-0.05, 0) is 12.1 Å². The van der Waals surface area contributed by atoms with Crippen molar-refractivity contribution in [3.05, 3.63) is 30.0 Å². The average molecular weight is 194 g/mol. The molecule has 2 aromatic rings. The zero-order chi connectivity index (χ0) is 8.39. The van der Waals surface area contributed by atoms with Crippen LogP contribution in [0.15, 0.2) is 28.6 Å². The van der Waals surface area contributed by atoms with Crippen molar-refractivity contribution in [2.24, 2.45) is 0 Å². The fourth-order valence-corrected chi connectivity index (χ4v) is 2.80. The van der Waals surface area contributed by atoms with Crippen LogP contribution in [0.3, 0.4) is 0 Å². The van der Waals surface area contributed by atoms with E-state index in [2.05, 4.69) is 16.8 Å². The van der Waals surface area contributed by atoms with E-state index in [1.807, 2.05) is 25.1 Å². The van der Waals surface area contributed by atoms with Crippen LogP contribution in [0.1, 0.15) is 6.92 Å². The Hall–Kier alpha value is -0.540. The van der Waals surface area contributed by atoms with E-state index >= 15 is 0 Å². The highest BCUT2D eigenvalue weighted by molar-refractivity contribution is 8.02. The van der Waals surface area contributed by atoms with Crippen molar-refractivity contribution in [3.8, 4) is 0 Å². The molecule has 1 heterocycles. The Labute approximate surface area is 79.8 Å². The lowest BCUT2D eigenvalue weighted by atomic mass is 10.3. The molecule has 0 unspecified atom stereocenters. The normalized spacial score (nSPS) is 10.8. The lowest BCUT2D eigenvalue weighted by Crippen LogP contribution is -1.66. The van der Waals surface area contributed by atoms with Gasteiger partial charge in [-0.2, -0.15) is 0 Å². The van der Waals surface area contributed by atoms with Crippen molar-refractivity contribution in [1.82, 2.24) is 4.98 Å². The second-order valence-electron chi connectivity index (χ2n) is 2.30. The van der Waals surface area contributed by atoms with Crippen molar-refractivity contribution < 1.29 is 0 Å². The molecule has 0 amide bonds. The van der Waals surface area contributed by atoms with Gasteiger partial charge in [0.05, 0.1) is 10.2 Å². The summed E-state index contributed by atoms with van der Waals surface area (Å²) in [5.74, 6) is 2.05. The van der Waals surface area contributed by atoms with Gasteiger partial charge in [0.15, 0.2) is 4.34 Å². The zero-order valence-electron chi connectivity index (χ0n) is 6.65. The van der Waals surface area contributed by atoms with Gasteiger partial charge in [0.25, 0.3) is 0 Å². The van der Waals surface area contributed by atoms with E-state index in [9.17, 15) is 0 Å². The molecule has 3 heteroatoms. The number of thiazole rings is 1. The number of hydrogen-bond donors (Lipinski definition) is 0. The van der Waals surface area contributed by atoms with Crippen molar-refractivity contribution in [1.29, 1.82) is 0 Å². The minimum absolute atomic E-state index is 1.10. The first-order chi connectivity index (χ1) is 5.90. The molecule has 2 rings (SSSR count). The molecule has 0 atom stereocenters. The third-order valence-electron chi connectivity index (χ3n) is 1.49. The van der Waals surface area contributed by atoms with Crippen molar-refractivity contribution in [3.63, 3.8) is 0 Å². The molecule has 0 N–H and O–H groups in total. The Morgan fingerprint density at radius 2 is 2.25 bits per heavy atom. The van der Waals surface area contributed by atoms with Gasteiger partial charge in [-0.25, -0.2) is 4.98 Å². The molecule has 0 fully saturated rings. The van der Waals surface area contributed by atoms with Gasteiger partial charge in [-0.3, -0.25) is 0 Å². The fourth-order valence-electron chi connectivity index (χ4n) is 1.00. The number of aromatic nitrogens is 1. The maximum Gasteiger partial charge on any atom is 0.151 e. The smallest absolute Gasteiger partial charge is 0.151 e. The molecular weight excluding hydrogens is 186 g/mol. The van der Waals surface area contributed by atoms with Gasteiger partial charge in [0.2, 0.25) is 0 Å². The Bertz CT molecular complexity index is 348. The van der Waals surface area contributed by atoms with Crippen LogP contribution in [-0.4, -0.2) is 4.98 Å². The molecule has 12 heavy (non-hydrogen) atoms. The van der Waals surface area contributed by atoms with Crippen molar-refractivity contribution in [2.75, 3.05) is 0 Å². The maximum absolute atomic E-state index is 4.45. The summed E-state index contributed by atoms with van der Waals surface area (Å²) in [7, 11) is 0. The monoisotopic (exact) mass is 194 g/mol. The largest absolute Gasteiger partial charge is 0.230 e. The minimum Gasteiger partial charge on any atom is -0.230 e. The second-order valence-corrected chi connectivity index (χ2v) is 4.68. The second kappa shape index (κ2) is 3.46. The van der Waals surface area contributed by atoms with E-state index in [1.165, 1.54) is 4.70 Å². The molecule has 0 saturated heterocycles. The molecule has 1 radical (unpaired) electrons. The van der Waals surface area contributed by atoms with Crippen molar-refractivity contribution >= 4 is 33.3 Å². The molecule has 61 valence electrons. The van der Waals surface area contributed by atoms with E-state index in [0.717, 1.165) is 9.86 Å². The van der Waals surface area contributed by atoms with Crippen LogP contribution >= 0.6 is 23.1 Å². The van der Waals surface area contributed by atoms with E-state index in [4.69, 9.17) is 0 Å². The minimum atomic E-state index is 1.10. The SMILES string of the molecule is C[CH]Sc1nc2ccccc2s1. The van der Waals surface area contributed by atoms with Gasteiger partial charge in [0, 0.05) is 5.75 Å². The number of rotatable bonds is 2. The van der Waals surface area contributed by atoms with E-state index in [0.29, 0.717) is 0 Å². The third-order valence-corrected chi connectivity index (χ3v) is 3.39. The molecule has 0 aliphatic heterocycles. The number of hydrogen-bond acceptors (Lipinski definition) is 3. The highest BCUT2D eigenvalue weighted by Crippen LogP contribution is 2.30. The first-order valence-corrected chi connectivity index (χ1v) is 5.40. The third kappa shape index (κ3) is 1.47. The topological polar surface area (TPSA) is 12.9 Å². The molecule has 0 aliphatic carbocycles. The Balaban J connectivity index is 2.47. The number of thioether (sulfide) groups is 1. The lowest BCUT2D eigenvalue weighted by molar-refractivity contribution is 1.31. The number of benzene rings is 1. The molecule has 0 aliphatic rings. The van der Waals surface area contributed by atoms with Crippen molar-refractivity contribution in [2.45, 2.75) is 11.3 Å². The summed E-state index contributed by atoms with van der Waals surface area (Å²) in [5, 5.41) is 0. The summed E-state index contributed by atoms with van der Waals surface area (Å²) in [6, 6.07) is 8.22. The Kier molecular flexibility index (Phi) is 2.33. The molecule has 1 aromatic heterocycles. The van der Waals surface area contributed by atoms with Crippen LogP contribution in [-0.2, 0) is 0 Å². The number of nitrogens with zero attached hydrogens (tertiary/aromatic N) is 1. The summed E-state index contributed by atoms with van der Waals surface area (Å²) in [4.78, 5) is 4.45. The van der Waals surface area contributed by atoms with Crippen LogP contribution in [0.4, 0.5) is 0 Å². The van der Waals surface area contributed by atoms with Gasteiger partial charge in [0.1, 0.15) is 0 Å². The highest BCUT2D eigenvalue weighted by atomic mass is 32.2. The maximum atomic E-state index is 4.45. The predicted octanol–water partition coefficient (Wildman–Crippen LogP) is 3.57. The molecule has 0 spiro atoms. The summed E-state index contributed by atoms with van der Waals surface area (Å²) in [5.41, 5.74) is 1.10. The molecule has 0 saturated carbocycles. The van der Waals surface area contributed by atoms with E-state index < -0.39 is 0 Å². The first-order valence-electron chi connectivity index (χ1n) is 3.70. The quantitative estimate of drug-likeness (QED) is 0.678. The highest BCUT2D eigenvalue weighted by Gasteiger charge is 2.01. The van der Waals surface area contributed by atoms with Crippen LogP contribution in [0.5, 0.6) is 0 Å². The average Bonchev–Trinajstić information content (AvgIpc) is 2.47. The molecule has 0 bridgehead atoms. The molecular formula is C9H8NS2. The standard InChI is InChI=1S/C9H8NS2/c1-2-11-9-10-7-5-3-4-6-8(7)12-9/h2-6H,1H3. The van der Waals surface area contributed by atoms with Crippen LogP contribution < -0.4 is 0 Å². The number of fused-ring (bicyclic) bond motifs is 1. The fraction of sp³-hybridized carbons (Fsp3) is 0.111. The van der Waals surface area contributed by atoms with Gasteiger partial charge < -0.3 is 0 Å². The summed E-state index contributed by atoms with van der Waals surface area (Å²) in [6.45, 7) is 2.02. The van der Waals surface area contributed by atoms with Crippen LogP contribution in [0.25, 0.3) is 10.2 Å². The lowest BCUT2D eigenvalue weighted by Gasteiger charge is -1.84. The van der Waals surface area contributed by atoms with Gasteiger partial charge in [-0.1, -0.05) is 30.8 Å². The predicted molar refractivity (Wildman–Crippen MR) is 55.5 cm³/mol. The first kappa shape index (κ1) is 8.08. The Morgan fingerprint density at radius 1 is 1.42 bits per heavy atom. The Morgan fingerprint density at radius 3 is 3.00 bits per heavy atom. The molecule has 1 nitrogen and oxygen atoms in total. The summed E-state index contributed by atoms with van der Waals surface area (Å²) >= 11 is 3.43. The van der Waals surface area contributed by atoms with Crippen LogP contribution in [0.2, 0.25) is 0 Å². The summed E-state index contributed by atoms with van der Waals surface area (Å²) < 4.78 is 2.39. The number of para-hydroxylation sites is 1. The van der Waals surface area contributed by atoms with Gasteiger partial charge >= 0.3 is 0 Å². The zero-order valence-corrected chi connectivity index (χ0v) is 8.28. The van der Waals surface area contributed by atoms with E-state index in [1.54, 1.807) is 23.1 Å². The summed E-state index contributed by atoms with van der Waals surface area (Å²) in [6.07, 6.45) is 0. The van der Waals surface area contributed by atoms with Gasteiger partial charge in [-0.15, -0.1) is 11.3 Å². The van der Waals surface area contributed by atoms with Crippen LogP contribution in [0, 0.1) is 5.75 Å². The molecule has 1 aromatic carbocycles. The van der Waals surface area contributed by atoms with E-state index in [-0.39, 0.29) is 0 Å².